The van der Waals surface area contributed by atoms with Gasteiger partial charge >= 0.3 is 0 Å². The number of ether oxygens (including phenoxy) is 1. The lowest BCUT2D eigenvalue weighted by Gasteiger charge is -2.07. The lowest BCUT2D eigenvalue weighted by atomic mass is 10.1. The highest BCUT2D eigenvalue weighted by molar-refractivity contribution is 7.10. The van der Waals surface area contributed by atoms with Crippen molar-refractivity contribution in [3.05, 3.63) is 52.5 Å². The molecule has 0 aliphatic carbocycles. The molecule has 0 bridgehead atoms. The van der Waals surface area contributed by atoms with Gasteiger partial charge in [0.15, 0.2) is 0 Å². The number of hydrogen-bond donors (Lipinski definition) is 0. The normalized spacial score (nSPS) is 10.7. The Labute approximate surface area is 113 Å². The molecular weight excluding hydrogens is 268 g/mol. The van der Waals surface area contributed by atoms with E-state index in [4.69, 9.17) is 16.3 Å². The van der Waals surface area contributed by atoms with E-state index in [9.17, 15) is 0 Å². The molecule has 1 heterocycles. The van der Waals surface area contributed by atoms with Crippen LogP contribution >= 0.6 is 23.1 Å². The van der Waals surface area contributed by atoms with Crippen LogP contribution in [0.1, 0.15) is 5.69 Å². The van der Waals surface area contributed by atoms with Crippen LogP contribution in [-0.2, 0) is 6.61 Å². The summed E-state index contributed by atoms with van der Waals surface area (Å²) in [6.45, 7) is 0.337. The summed E-state index contributed by atoms with van der Waals surface area (Å²) in [6.07, 6.45) is 0. The molecule has 0 amide bonds. The molecule has 0 aliphatic heterocycles. The minimum Gasteiger partial charge on any atom is -0.486 e. The Kier molecular flexibility index (Phi) is 3.13. The molecule has 0 unspecified atom stereocenters. The van der Waals surface area contributed by atoms with Gasteiger partial charge in [-0.25, -0.2) is 0 Å². The van der Waals surface area contributed by atoms with Gasteiger partial charge in [-0.15, -0.1) is 5.10 Å². The van der Waals surface area contributed by atoms with Gasteiger partial charge < -0.3 is 4.74 Å². The average Bonchev–Trinajstić information content (AvgIpc) is 2.82. The molecule has 1 aromatic heterocycles. The second-order valence-corrected chi connectivity index (χ2v) is 5.12. The molecule has 0 saturated carbocycles. The number of halogens is 1. The maximum atomic E-state index is 5.94. The largest absolute Gasteiger partial charge is 0.486 e. The summed E-state index contributed by atoms with van der Waals surface area (Å²) in [4.78, 5) is 0. The minimum atomic E-state index is 0.337. The molecule has 3 rings (SSSR count). The Morgan fingerprint density at radius 1 is 1.11 bits per heavy atom. The van der Waals surface area contributed by atoms with Crippen molar-refractivity contribution in [3.8, 4) is 5.75 Å². The van der Waals surface area contributed by atoms with Crippen LogP contribution in [0.2, 0.25) is 4.34 Å². The third kappa shape index (κ3) is 2.17. The van der Waals surface area contributed by atoms with Crippen molar-refractivity contribution in [2.24, 2.45) is 0 Å². The smallest absolute Gasteiger partial charge is 0.141 e. The van der Waals surface area contributed by atoms with Crippen LogP contribution in [0, 0.1) is 0 Å². The summed E-state index contributed by atoms with van der Waals surface area (Å²) < 4.78 is 10.1. The molecule has 0 N–H and O–H groups in total. The van der Waals surface area contributed by atoms with E-state index in [0.29, 0.717) is 16.6 Å². The van der Waals surface area contributed by atoms with E-state index in [1.165, 1.54) is 11.5 Å². The molecule has 18 heavy (non-hydrogen) atoms. The van der Waals surface area contributed by atoms with Crippen molar-refractivity contribution in [2.45, 2.75) is 6.61 Å². The standard InChI is InChI=1S/C13H9ClN2OS/c14-13-11(15-16-18-13)8-17-12-7-3-5-9-4-1-2-6-10(9)12/h1-7H,8H2. The fourth-order valence-electron chi connectivity index (χ4n) is 1.75. The summed E-state index contributed by atoms with van der Waals surface area (Å²) >= 11 is 7.11. The van der Waals surface area contributed by atoms with Gasteiger partial charge in [-0.2, -0.15) is 0 Å². The Hall–Kier alpha value is -1.65. The van der Waals surface area contributed by atoms with Gasteiger partial charge in [-0.3, -0.25) is 0 Å². The third-order valence-electron chi connectivity index (χ3n) is 2.62. The van der Waals surface area contributed by atoms with Crippen molar-refractivity contribution in [3.63, 3.8) is 0 Å². The highest BCUT2D eigenvalue weighted by atomic mass is 35.5. The second kappa shape index (κ2) is 4.92. The van der Waals surface area contributed by atoms with E-state index in [0.717, 1.165) is 16.5 Å². The Morgan fingerprint density at radius 3 is 2.78 bits per heavy atom. The van der Waals surface area contributed by atoms with Crippen molar-refractivity contribution < 1.29 is 4.74 Å². The van der Waals surface area contributed by atoms with E-state index in [-0.39, 0.29) is 0 Å². The van der Waals surface area contributed by atoms with Crippen molar-refractivity contribution in [1.29, 1.82) is 0 Å². The molecule has 0 atom stereocenters. The van der Waals surface area contributed by atoms with Crippen LogP contribution in [0.4, 0.5) is 0 Å². The zero-order valence-corrected chi connectivity index (χ0v) is 10.9. The number of rotatable bonds is 3. The van der Waals surface area contributed by atoms with Gasteiger partial charge in [0.25, 0.3) is 0 Å². The molecule has 0 saturated heterocycles. The van der Waals surface area contributed by atoms with Crippen molar-refractivity contribution in [2.75, 3.05) is 0 Å². The summed E-state index contributed by atoms with van der Waals surface area (Å²) in [5, 5.41) is 6.16. The first-order valence-corrected chi connectivity index (χ1v) is 6.57. The van der Waals surface area contributed by atoms with Gasteiger partial charge in [0.2, 0.25) is 0 Å². The second-order valence-electron chi connectivity index (χ2n) is 3.76. The average molecular weight is 277 g/mol. The maximum absolute atomic E-state index is 5.94. The summed E-state index contributed by atoms with van der Waals surface area (Å²) in [5.41, 5.74) is 0.676. The van der Waals surface area contributed by atoms with E-state index < -0.39 is 0 Å². The van der Waals surface area contributed by atoms with Gasteiger partial charge in [0, 0.05) is 16.9 Å². The van der Waals surface area contributed by atoms with E-state index in [1.807, 2.05) is 30.3 Å². The Balaban J connectivity index is 1.89. The molecule has 0 fully saturated rings. The van der Waals surface area contributed by atoms with Crippen LogP contribution in [0.15, 0.2) is 42.5 Å². The highest BCUT2D eigenvalue weighted by Crippen LogP contribution is 2.26. The first kappa shape index (κ1) is 11.4. The zero-order valence-electron chi connectivity index (χ0n) is 9.34. The molecule has 2 aromatic carbocycles. The van der Waals surface area contributed by atoms with E-state index >= 15 is 0 Å². The molecule has 3 aromatic rings. The van der Waals surface area contributed by atoms with Crippen LogP contribution < -0.4 is 4.74 Å². The van der Waals surface area contributed by atoms with Gasteiger partial charge in [0.1, 0.15) is 22.4 Å². The first-order chi connectivity index (χ1) is 8.84. The zero-order chi connectivity index (χ0) is 12.4. The lowest BCUT2D eigenvalue weighted by Crippen LogP contribution is -1.97. The molecule has 0 aliphatic rings. The number of benzene rings is 2. The number of aromatic nitrogens is 2. The third-order valence-corrected chi connectivity index (χ3v) is 3.61. The quantitative estimate of drug-likeness (QED) is 0.727. The molecule has 90 valence electrons. The van der Waals surface area contributed by atoms with Crippen LogP contribution in [0.5, 0.6) is 5.75 Å². The summed E-state index contributed by atoms with van der Waals surface area (Å²) in [6, 6.07) is 14.1. The minimum absolute atomic E-state index is 0.337. The molecule has 5 heteroatoms. The van der Waals surface area contributed by atoms with Crippen LogP contribution in [-0.4, -0.2) is 9.59 Å². The Bertz CT molecular complexity index is 678. The van der Waals surface area contributed by atoms with Gasteiger partial charge in [0.05, 0.1) is 0 Å². The molecule has 3 nitrogen and oxygen atoms in total. The number of hydrogen-bond acceptors (Lipinski definition) is 4. The van der Waals surface area contributed by atoms with Crippen molar-refractivity contribution >= 4 is 33.9 Å². The highest BCUT2D eigenvalue weighted by Gasteiger charge is 2.07. The first-order valence-electron chi connectivity index (χ1n) is 5.42. The van der Waals surface area contributed by atoms with Crippen molar-refractivity contribution in [1.82, 2.24) is 9.59 Å². The van der Waals surface area contributed by atoms with Crippen LogP contribution in [0.3, 0.4) is 0 Å². The van der Waals surface area contributed by atoms with Crippen LogP contribution in [0.25, 0.3) is 10.8 Å². The predicted molar refractivity (Wildman–Crippen MR) is 73.2 cm³/mol. The maximum Gasteiger partial charge on any atom is 0.141 e. The summed E-state index contributed by atoms with van der Waals surface area (Å²) in [7, 11) is 0. The lowest BCUT2D eigenvalue weighted by molar-refractivity contribution is 0.305. The molecule has 0 radical (unpaired) electrons. The Morgan fingerprint density at radius 2 is 1.94 bits per heavy atom. The van der Waals surface area contributed by atoms with Gasteiger partial charge in [-0.05, 0) is 11.5 Å². The molecular formula is C13H9ClN2OS. The SMILES string of the molecule is Clc1snnc1COc1cccc2ccccc12. The van der Waals surface area contributed by atoms with Gasteiger partial charge in [-0.1, -0.05) is 52.5 Å². The fraction of sp³-hybridized carbons (Fsp3) is 0.0769. The number of fused-ring (bicyclic) bond motifs is 1. The monoisotopic (exact) mass is 276 g/mol. The fourth-order valence-corrected chi connectivity index (χ4v) is 2.35. The summed E-state index contributed by atoms with van der Waals surface area (Å²) in [5.74, 6) is 0.831. The van der Waals surface area contributed by atoms with E-state index in [2.05, 4.69) is 21.7 Å². The topological polar surface area (TPSA) is 35.0 Å². The molecule has 0 spiro atoms. The van der Waals surface area contributed by atoms with E-state index in [1.54, 1.807) is 0 Å². The number of nitrogens with zero attached hydrogens (tertiary/aromatic N) is 2. The predicted octanol–water partition coefficient (Wildman–Crippen LogP) is 3.92.